The fourth-order valence-corrected chi connectivity index (χ4v) is 1.65. The highest BCUT2D eigenvalue weighted by Crippen LogP contribution is 2.07. The molecule has 2 heterocycles. The van der Waals surface area contributed by atoms with Gasteiger partial charge in [0.05, 0.1) is 0 Å². The van der Waals surface area contributed by atoms with Gasteiger partial charge in [-0.2, -0.15) is 0 Å². The van der Waals surface area contributed by atoms with Crippen molar-refractivity contribution in [2.24, 2.45) is 0 Å². The van der Waals surface area contributed by atoms with Gasteiger partial charge in [-0.3, -0.25) is 14.6 Å². The maximum atomic E-state index is 11.8. The molecule has 0 spiro atoms. The number of carbonyl (C=O) groups excluding carboxylic acids is 2. The first kappa shape index (κ1) is 13.0. The lowest BCUT2D eigenvalue weighted by Crippen LogP contribution is -2.05. The van der Waals surface area contributed by atoms with Gasteiger partial charge in [-0.1, -0.05) is 6.07 Å². The first-order valence-corrected chi connectivity index (χ1v) is 6.01. The molecule has 0 fully saturated rings. The Bertz CT molecular complexity index is 504. The van der Waals surface area contributed by atoms with Gasteiger partial charge in [0.2, 0.25) is 0 Å². The molecule has 5 heteroatoms. The largest absolute Gasteiger partial charge is 0.292 e. The Balaban J connectivity index is 1.81. The molecule has 19 heavy (non-hydrogen) atoms. The first-order chi connectivity index (χ1) is 9.27. The lowest BCUT2D eigenvalue weighted by molar-refractivity contribution is 0.0952. The molecule has 0 aliphatic heterocycles. The highest BCUT2D eigenvalue weighted by atomic mass is 16.1. The van der Waals surface area contributed by atoms with Crippen molar-refractivity contribution in [1.29, 1.82) is 0 Å². The van der Waals surface area contributed by atoms with Crippen molar-refractivity contribution in [2.45, 2.75) is 19.3 Å². The summed E-state index contributed by atoms with van der Waals surface area (Å²) in [4.78, 5) is 35.1. The Morgan fingerprint density at radius 3 is 2.21 bits per heavy atom. The Kier molecular flexibility index (Phi) is 4.44. The summed E-state index contributed by atoms with van der Waals surface area (Å²) in [6.45, 7) is 0. The van der Waals surface area contributed by atoms with Crippen LogP contribution in [0.3, 0.4) is 0 Å². The van der Waals surface area contributed by atoms with Crippen LogP contribution in [0, 0.1) is 0 Å². The van der Waals surface area contributed by atoms with Crippen molar-refractivity contribution in [1.82, 2.24) is 15.0 Å². The third-order valence-electron chi connectivity index (χ3n) is 2.63. The summed E-state index contributed by atoms with van der Waals surface area (Å²) in [7, 11) is 0. The number of hydrogen-bond donors (Lipinski definition) is 0. The number of ketones is 2. The summed E-state index contributed by atoms with van der Waals surface area (Å²) in [6, 6.07) is 6.78. The van der Waals surface area contributed by atoms with Crippen molar-refractivity contribution in [2.75, 3.05) is 0 Å². The number of nitrogens with zero attached hydrogens (tertiary/aromatic N) is 3. The third-order valence-corrected chi connectivity index (χ3v) is 2.63. The lowest BCUT2D eigenvalue weighted by Gasteiger charge is -2.00. The van der Waals surface area contributed by atoms with Gasteiger partial charge >= 0.3 is 0 Å². The van der Waals surface area contributed by atoms with E-state index in [9.17, 15) is 9.59 Å². The minimum absolute atomic E-state index is 0.0453. The van der Waals surface area contributed by atoms with E-state index >= 15 is 0 Å². The van der Waals surface area contributed by atoms with Crippen LogP contribution < -0.4 is 0 Å². The molecule has 2 aromatic rings. The summed E-state index contributed by atoms with van der Waals surface area (Å²) >= 11 is 0. The quantitative estimate of drug-likeness (QED) is 0.739. The molecule has 0 atom stereocenters. The zero-order valence-corrected chi connectivity index (χ0v) is 10.3. The number of rotatable bonds is 6. The highest BCUT2D eigenvalue weighted by molar-refractivity contribution is 5.96. The number of hydrogen-bond acceptors (Lipinski definition) is 5. The number of pyridine rings is 1. The van der Waals surface area contributed by atoms with Crippen molar-refractivity contribution in [3.05, 3.63) is 54.4 Å². The molecule has 0 bridgehead atoms. The summed E-state index contributed by atoms with van der Waals surface area (Å²) in [6.07, 6.45) is 5.56. The maximum absolute atomic E-state index is 11.8. The van der Waals surface area contributed by atoms with Crippen LogP contribution in [0.25, 0.3) is 0 Å². The fourth-order valence-electron chi connectivity index (χ4n) is 1.65. The molecule has 0 unspecified atom stereocenters. The van der Waals surface area contributed by atoms with E-state index in [2.05, 4.69) is 15.0 Å². The SMILES string of the molecule is O=C(CCCC(=O)c1ccncn1)c1ccccn1. The summed E-state index contributed by atoms with van der Waals surface area (Å²) in [5, 5.41) is 0. The van der Waals surface area contributed by atoms with Crippen LogP contribution >= 0.6 is 0 Å². The zero-order chi connectivity index (χ0) is 13.5. The van der Waals surface area contributed by atoms with E-state index in [0.29, 0.717) is 30.7 Å². The second kappa shape index (κ2) is 6.49. The number of Topliss-reactive ketones (excluding diaryl/α,β-unsaturated/α-hetero) is 2. The molecular formula is C14H13N3O2. The standard InChI is InChI=1S/C14H13N3O2/c18-13(11-4-1-2-8-16-11)5-3-6-14(19)12-7-9-15-10-17-12/h1-2,4,7-10H,3,5-6H2. The van der Waals surface area contributed by atoms with Crippen molar-refractivity contribution in [3.8, 4) is 0 Å². The Labute approximate surface area is 110 Å². The zero-order valence-electron chi connectivity index (χ0n) is 10.3. The average Bonchev–Trinajstić information content (AvgIpc) is 2.49. The highest BCUT2D eigenvalue weighted by Gasteiger charge is 2.10. The molecule has 2 rings (SSSR count). The second-order valence-corrected chi connectivity index (χ2v) is 4.01. The fraction of sp³-hybridized carbons (Fsp3) is 0.214. The number of carbonyl (C=O) groups is 2. The minimum Gasteiger partial charge on any atom is -0.292 e. The molecule has 0 N–H and O–H groups in total. The summed E-state index contributed by atoms with van der Waals surface area (Å²) < 4.78 is 0. The molecule has 0 saturated heterocycles. The molecule has 96 valence electrons. The van der Waals surface area contributed by atoms with Crippen LogP contribution in [0.1, 0.15) is 40.2 Å². The number of aromatic nitrogens is 3. The summed E-state index contributed by atoms with van der Waals surface area (Å²) in [5.74, 6) is -0.118. The molecule has 0 aliphatic carbocycles. The lowest BCUT2D eigenvalue weighted by atomic mass is 10.1. The van der Waals surface area contributed by atoms with E-state index in [1.807, 2.05) is 0 Å². The monoisotopic (exact) mass is 255 g/mol. The van der Waals surface area contributed by atoms with Crippen molar-refractivity contribution in [3.63, 3.8) is 0 Å². The second-order valence-electron chi connectivity index (χ2n) is 4.01. The molecule has 2 aromatic heterocycles. The maximum Gasteiger partial charge on any atom is 0.181 e. The van der Waals surface area contributed by atoms with Crippen LogP contribution in [0.2, 0.25) is 0 Å². The van der Waals surface area contributed by atoms with E-state index in [-0.39, 0.29) is 11.6 Å². The topological polar surface area (TPSA) is 72.8 Å². The predicted molar refractivity (Wildman–Crippen MR) is 68.8 cm³/mol. The predicted octanol–water partition coefficient (Wildman–Crippen LogP) is 2.11. The van der Waals surface area contributed by atoms with Gasteiger partial charge in [-0.15, -0.1) is 0 Å². The molecule has 0 aliphatic rings. The average molecular weight is 255 g/mol. The molecule has 0 radical (unpaired) electrons. The Morgan fingerprint density at radius 2 is 1.63 bits per heavy atom. The van der Waals surface area contributed by atoms with E-state index in [0.717, 1.165) is 0 Å². The van der Waals surface area contributed by atoms with Gasteiger partial charge in [0.25, 0.3) is 0 Å². The van der Waals surface area contributed by atoms with Crippen LogP contribution in [-0.4, -0.2) is 26.5 Å². The third kappa shape index (κ3) is 3.77. The van der Waals surface area contributed by atoms with E-state index in [1.165, 1.54) is 12.5 Å². The van der Waals surface area contributed by atoms with E-state index < -0.39 is 0 Å². The van der Waals surface area contributed by atoms with Gasteiger partial charge in [0.15, 0.2) is 11.6 Å². The van der Waals surface area contributed by atoms with Crippen LogP contribution in [-0.2, 0) is 0 Å². The van der Waals surface area contributed by atoms with E-state index in [1.54, 1.807) is 30.5 Å². The van der Waals surface area contributed by atoms with Crippen molar-refractivity contribution < 1.29 is 9.59 Å². The van der Waals surface area contributed by atoms with Crippen molar-refractivity contribution >= 4 is 11.6 Å². The molecule has 0 amide bonds. The Hall–Kier alpha value is -2.43. The first-order valence-electron chi connectivity index (χ1n) is 6.01. The Morgan fingerprint density at radius 1 is 0.895 bits per heavy atom. The van der Waals surface area contributed by atoms with Crippen LogP contribution in [0.5, 0.6) is 0 Å². The molecule has 5 nitrogen and oxygen atoms in total. The summed E-state index contributed by atoms with van der Waals surface area (Å²) in [5.41, 5.74) is 0.831. The van der Waals surface area contributed by atoms with Gasteiger partial charge in [0.1, 0.15) is 17.7 Å². The van der Waals surface area contributed by atoms with Gasteiger partial charge in [-0.05, 0) is 24.6 Å². The van der Waals surface area contributed by atoms with Gasteiger partial charge < -0.3 is 0 Å². The molecule has 0 aromatic carbocycles. The van der Waals surface area contributed by atoms with Gasteiger partial charge in [-0.25, -0.2) is 9.97 Å². The smallest absolute Gasteiger partial charge is 0.181 e. The van der Waals surface area contributed by atoms with Crippen LogP contribution in [0.4, 0.5) is 0 Å². The molecule has 0 saturated carbocycles. The van der Waals surface area contributed by atoms with Gasteiger partial charge in [0, 0.05) is 25.2 Å². The minimum atomic E-state index is -0.0729. The molecular weight excluding hydrogens is 242 g/mol. The van der Waals surface area contributed by atoms with E-state index in [4.69, 9.17) is 0 Å². The normalized spacial score (nSPS) is 10.1. The van der Waals surface area contributed by atoms with Crippen LogP contribution in [0.15, 0.2) is 43.0 Å².